The molecule has 3 nitrogen and oxygen atoms in total. The fourth-order valence-corrected chi connectivity index (χ4v) is 3.12. The highest BCUT2D eigenvalue weighted by molar-refractivity contribution is 5.78. The van der Waals surface area contributed by atoms with Crippen LogP contribution in [-0.4, -0.2) is 11.1 Å². The molecule has 1 amide bonds. The number of carbonyl (C=O) groups is 1. The van der Waals surface area contributed by atoms with Gasteiger partial charge in [-0.2, -0.15) is 0 Å². The van der Waals surface area contributed by atoms with E-state index in [2.05, 4.69) is 13.8 Å². The molecule has 0 heterocycles. The van der Waals surface area contributed by atoms with Gasteiger partial charge in [-0.1, -0.05) is 26.8 Å². The zero-order valence-electron chi connectivity index (χ0n) is 11.5. The Balaban J connectivity index is 2.39. The maximum absolute atomic E-state index is 13.4. The first kappa shape index (κ1) is 14.0. The molecular weight excluding hydrogens is 245 g/mol. The lowest BCUT2D eigenvalue weighted by molar-refractivity contribution is -0.133. The summed E-state index contributed by atoms with van der Waals surface area (Å²) in [4.78, 5) is 11.6. The molecule has 0 aromatic heterocycles. The minimum Gasteiger partial charge on any atom is -0.289 e. The summed E-state index contributed by atoms with van der Waals surface area (Å²) in [5.74, 6) is -0.235. The number of benzene rings is 1. The molecule has 4 heteroatoms. The number of hydroxylamine groups is 1. The van der Waals surface area contributed by atoms with Gasteiger partial charge < -0.3 is 0 Å². The summed E-state index contributed by atoms with van der Waals surface area (Å²) < 4.78 is 13.4. The molecule has 19 heavy (non-hydrogen) atoms. The molecule has 3 atom stereocenters. The second kappa shape index (κ2) is 5.29. The molecule has 0 radical (unpaired) electrons. The molecule has 0 spiro atoms. The summed E-state index contributed by atoms with van der Waals surface area (Å²) in [6.45, 7) is 6.02. The quantitative estimate of drug-likeness (QED) is 0.651. The topological polar surface area (TPSA) is 49.3 Å². The van der Waals surface area contributed by atoms with Gasteiger partial charge in [0.1, 0.15) is 5.82 Å². The second-order valence-electron chi connectivity index (χ2n) is 5.73. The van der Waals surface area contributed by atoms with Crippen LogP contribution >= 0.6 is 0 Å². The molecule has 0 saturated carbocycles. The van der Waals surface area contributed by atoms with E-state index in [4.69, 9.17) is 5.21 Å². The average Bonchev–Trinajstić information content (AvgIpc) is 2.75. The van der Waals surface area contributed by atoms with Gasteiger partial charge in [-0.3, -0.25) is 10.0 Å². The fourth-order valence-electron chi connectivity index (χ4n) is 3.12. The molecule has 104 valence electrons. The van der Waals surface area contributed by atoms with Gasteiger partial charge in [-0.15, -0.1) is 0 Å². The lowest BCUT2D eigenvalue weighted by Crippen LogP contribution is -2.29. The molecule has 1 aromatic carbocycles. The van der Waals surface area contributed by atoms with Crippen LogP contribution < -0.4 is 5.48 Å². The van der Waals surface area contributed by atoms with Gasteiger partial charge in [0, 0.05) is 5.92 Å². The number of hydrogen-bond donors (Lipinski definition) is 2. The van der Waals surface area contributed by atoms with Crippen molar-refractivity contribution in [3.05, 3.63) is 35.1 Å². The Hall–Kier alpha value is -1.42. The first-order valence-electron chi connectivity index (χ1n) is 6.69. The summed E-state index contributed by atoms with van der Waals surface area (Å²) in [7, 11) is 0. The Morgan fingerprint density at radius 3 is 2.58 bits per heavy atom. The highest BCUT2D eigenvalue weighted by Crippen LogP contribution is 2.48. The lowest BCUT2D eigenvalue weighted by Gasteiger charge is -2.19. The van der Waals surface area contributed by atoms with Crippen LogP contribution in [0.2, 0.25) is 0 Å². The van der Waals surface area contributed by atoms with Gasteiger partial charge in [-0.25, -0.2) is 9.87 Å². The molecule has 0 fully saturated rings. The molecule has 0 bridgehead atoms. The predicted molar refractivity (Wildman–Crippen MR) is 70.4 cm³/mol. The van der Waals surface area contributed by atoms with Crippen molar-refractivity contribution >= 4 is 5.91 Å². The van der Waals surface area contributed by atoms with E-state index in [1.165, 1.54) is 6.07 Å². The van der Waals surface area contributed by atoms with Crippen LogP contribution in [0, 0.1) is 17.7 Å². The summed E-state index contributed by atoms with van der Waals surface area (Å²) in [5, 5.41) is 8.77. The van der Waals surface area contributed by atoms with E-state index in [1.807, 2.05) is 0 Å². The van der Waals surface area contributed by atoms with Crippen molar-refractivity contribution in [1.29, 1.82) is 0 Å². The van der Waals surface area contributed by atoms with E-state index in [1.54, 1.807) is 24.5 Å². The first-order valence-corrected chi connectivity index (χ1v) is 6.69. The zero-order chi connectivity index (χ0) is 14.2. The van der Waals surface area contributed by atoms with Crippen LogP contribution in [0.3, 0.4) is 0 Å². The average molecular weight is 265 g/mol. The summed E-state index contributed by atoms with van der Waals surface area (Å²) in [6.07, 6.45) is 0.824. The monoisotopic (exact) mass is 265 g/mol. The van der Waals surface area contributed by atoms with Crippen molar-refractivity contribution in [3.8, 4) is 0 Å². The second-order valence-corrected chi connectivity index (χ2v) is 5.73. The van der Waals surface area contributed by atoms with Gasteiger partial charge in [0.15, 0.2) is 0 Å². The van der Waals surface area contributed by atoms with Gasteiger partial charge in [-0.05, 0) is 47.4 Å². The highest BCUT2D eigenvalue weighted by Gasteiger charge is 2.37. The van der Waals surface area contributed by atoms with E-state index < -0.39 is 0 Å². The smallest absolute Gasteiger partial charge is 0.246 e. The van der Waals surface area contributed by atoms with Crippen molar-refractivity contribution in [2.45, 2.75) is 39.0 Å². The predicted octanol–water partition coefficient (Wildman–Crippen LogP) is 3.19. The van der Waals surface area contributed by atoms with E-state index >= 15 is 0 Å². The molecule has 1 aliphatic rings. The minimum absolute atomic E-state index is 0.0372. The van der Waals surface area contributed by atoms with Crippen LogP contribution in [0.5, 0.6) is 0 Å². The van der Waals surface area contributed by atoms with Gasteiger partial charge in [0.2, 0.25) is 5.91 Å². The molecule has 2 N–H and O–H groups in total. The largest absolute Gasteiger partial charge is 0.289 e. The van der Waals surface area contributed by atoms with Crippen LogP contribution in [0.4, 0.5) is 4.39 Å². The van der Waals surface area contributed by atoms with E-state index in [-0.39, 0.29) is 29.5 Å². The van der Waals surface area contributed by atoms with E-state index in [0.29, 0.717) is 5.92 Å². The standard InChI is InChI=1S/C15H20FNO2/c1-8(2)12-7-13(9(3)15(18)17-19)11-5-4-10(16)6-14(11)12/h4-6,8-9,12-13,19H,7H2,1-3H3,(H,17,18). The Kier molecular flexibility index (Phi) is 3.90. The van der Waals surface area contributed by atoms with Gasteiger partial charge in [0.25, 0.3) is 0 Å². The van der Waals surface area contributed by atoms with Gasteiger partial charge in [0.05, 0.1) is 0 Å². The van der Waals surface area contributed by atoms with E-state index in [9.17, 15) is 9.18 Å². The number of hydrogen-bond acceptors (Lipinski definition) is 2. The maximum atomic E-state index is 13.4. The summed E-state index contributed by atoms with van der Waals surface area (Å²) in [5.41, 5.74) is 3.76. The Morgan fingerprint density at radius 1 is 1.32 bits per heavy atom. The van der Waals surface area contributed by atoms with Crippen LogP contribution in [-0.2, 0) is 4.79 Å². The van der Waals surface area contributed by atoms with Crippen molar-refractivity contribution in [3.63, 3.8) is 0 Å². The number of carbonyl (C=O) groups excluding carboxylic acids is 1. The summed E-state index contributed by atoms with van der Waals surface area (Å²) in [6, 6.07) is 4.81. The number of halogens is 1. The molecule has 2 rings (SSSR count). The zero-order valence-corrected chi connectivity index (χ0v) is 11.5. The van der Waals surface area contributed by atoms with Crippen molar-refractivity contribution in [1.82, 2.24) is 5.48 Å². The number of amides is 1. The number of rotatable bonds is 3. The van der Waals surface area contributed by atoms with Crippen LogP contribution in [0.25, 0.3) is 0 Å². The maximum Gasteiger partial charge on any atom is 0.246 e. The molecule has 1 aromatic rings. The van der Waals surface area contributed by atoms with E-state index in [0.717, 1.165) is 17.5 Å². The van der Waals surface area contributed by atoms with Crippen molar-refractivity contribution in [2.75, 3.05) is 0 Å². The summed E-state index contributed by atoms with van der Waals surface area (Å²) >= 11 is 0. The molecule has 3 unspecified atom stereocenters. The molecule has 1 aliphatic carbocycles. The van der Waals surface area contributed by atoms with Crippen LogP contribution in [0.1, 0.15) is 50.2 Å². The number of fused-ring (bicyclic) bond motifs is 1. The van der Waals surface area contributed by atoms with Crippen LogP contribution in [0.15, 0.2) is 18.2 Å². The lowest BCUT2D eigenvalue weighted by atomic mass is 9.86. The number of nitrogens with one attached hydrogen (secondary N) is 1. The Bertz CT molecular complexity index is 487. The first-order chi connectivity index (χ1) is 8.95. The SMILES string of the molecule is CC(C)C1CC(C(C)C(=O)NO)c2ccc(F)cc21. The minimum atomic E-state index is -0.385. The third kappa shape index (κ3) is 2.50. The third-order valence-electron chi connectivity index (χ3n) is 4.29. The molecular formula is C15H20FNO2. The Labute approximate surface area is 112 Å². The third-order valence-corrected chi connectivity index (χ3v) is 4.29. The molecule has 0 saturated heterocycles. The normalized spacial score (nSPS) is 23.3. The van der Waals surface area contributed by atoms with Crippen molar-refractivity contribution < 1.29 is 14.4 Å². The highest BCUT2D eigenvalue weighted by atomic mass is 19.1. The van der Waals surface area contributed by atoms with Gasteiger partial charge >= 0.3 is 0 Å². The van der Waals surface area contributed by atoms with Crippen molar-refractivity contribution in [2.24, 2.45) is 11.8 Å². The fraction of sp³-hybridized carbons (Fsp3) is 0.533. The Morgan fingerprint density at radius 2 is 2.00 bits per heavy atom. The molecule has 0 aliphatic heterocycles.